The third kappa shape index (κ3) is 8.34. The third-order valence-corrected chi connectivity index (χ3v) is 6.26. The minimum atomic E-state index is -1.03. The second-order valence-corrected chi connectivity index (χ2v) is 10.6. The third-order valence-electron chi connectivity index (χ3n) is 6.26. The van der Waals surface area contributed by atoms with Crippen LogP contribution < -0.4 is 26.0 Å². The highest BCUT2D eigenvalue weighted by Gasteiger charge is 2.29. The van der Waals surface area contributed by atoms with E-state index in [4.69, 9.17) is 14.2 Å². The Labute approximate surface area is 239 Å². The van der Waals surface area contributed by atoms with Crippen molar-refractivity contribution in [1.82, 2.24) is 21.3 Å². The molecule has 0 unspecified atom stereocenters. The first-order chi connectivity index (χ1) is 19.3. The highest BCUT2D eigenvalue weighted by Crippen LogP contribution is 2.38. The number of methoxy groups -OCH3 is 1. The number of ether oxygens (including phenoxy) is 3. The van der Waals surface area contributed by atoms with Gasteiger partial charge in [-0.3, -0.25) is 9.59 Å². The number of likely N-dealkylation sites (N-methyl/N-ethyl adjacent to an activating group) is 1. The average Bonchev–Trinajstić information content (AvgIpc) is 2.90. The molecule has 12 nitrogen and oxygen atoms in total. The lowest BCUT2D eigenvalue weighted by molar-refractivity contribution is -0.145. The molecular weight excluding hydrogens is 532 g/mol. The number of rotatable bonds is 6. The summed E-state index contributed by atoms with van der Waals surface area (Å²) in [4.78, 5) is 50.5. The Morgan fingerprint density at radius 3 is 2.44 bits per heavy atom. The Hall–Kier alpha value is -4.32. The van der Waals surface area contributed by atoms with Crippen molar-refractivity contribution in [3.8, 4) is 22.6 Å². The van der Waals surface area contributed by atoms with Crippen molar-refractivity contribution in [3.63, 3.8) is 0 Å². The van der Waals surface area contributed by atoms with Gasteiger partial charge in [0.15, 0.2) is 0 Å². The van der Waals surface area contributed by atoms with E-state index in [1.807, 2.05) is 0 Å². The molecule has 0 saturated carbocycles. The SMILES string of the molecule is CN[C@@H]1C(=O)N[C@@H](C)C(=O)N[C@H](C(=O)OC)Cc2ccc(O)c(c2)-c2cc1ccc2OCCNC(=O)OC(C)(C)C. The van der Waals surface area contributed by atoms with Gasteiger partial charge in [-0.05, 0) is 70.1 Å². The van der Waals surface area contributed by atoms with E-state index >= 15 is 0 Å². The van der Waals surface area contributed by atoms with Crippen LogP contribution in [-0.4, -0.2) is 74.0 Å². The number of phenols is 1. The lowest BCUT2D eigenvalue weighted by atomic mass is 9.94. The van der Waals surface area contributed by atoms with Crippen LogP contribution >= 0.6 is 0 Å². The Kier molecular flexibility index (Phi) is 10.2. The van der Waals surface area contributed by atoms with E-state index < -0.39 is 47.6 Å². The fourth-order valence-corrected chi connectivity index (χ4v) is 4.30. The summed E-state index contributed by atoms with van der Waals surface area (Å²) in [5.74, 6) is -1.35. The summed E-state index contributed by atoms with van der Waals surface area (Å²) in [6.45, 7) is 7.06. The number of aromatic hydroxyl groups is 1. The Morgan fingerprint density at radius 1 is 1.05 bits per heavy atom. The summed E-state index contributed by atoms with van der Waals surface area (Å²) in [6.07, 6.45) is -0.505. The molecule has 1 heterocycles. The lowest BCUT2D eigenvalue weighted by Crippen LogP contribution is -2.52. The molecule has 1 aliphatic rings. The second-order valence-electron chi connectivity index (χ2n) is 10.6. The molecule has 0 aliphatic carbocycles. The number of esters is 1. The monoisotopic (exact) mass is 570 g/mol. The summed E-state index contributed by atoms with van der Waals surface area (Å²) >= 11 is 0. The predicted octanol–water partition coefficient (Wildman–Crippen LogP) is 1.94. The smallest absolute Gasteiger partial charge is 0.407 e. The zero-order chi connectivity index (χ0) is 30.3. The van der Waals surface area contributed by atoms with E-state index in [2.05, 4.69) is 21.3 Å². The molecule has 3 atom stereocenters. The summed E-state index contributed by atoms with van der Waals surface area (Å²) in [6, 6.07) is 7.07. The number of carbonyl (C=O) groups excluding carboxylic acids is 4. The number of hydrogen-bond acceptors (Lipinski definition) is 9. The number of alkyl carbamates (subject to hydrolysis) is 1. The second kappa shape index (κ2) is 13.4. The van der Waals surface area contributed by atoms with Crippen LogP contribution in [0.1, 0.15) is 44.9 Å². The summed E-state index contributed by atoms with van der Waals surface area (Å²) in [7, 11) is 2.83. The van der Waals surface area contributed by atoms with Gasteiger partial charge in [0.1, 0.15) is 41.8 Å². The van der Waals surface area contributed by atoms with Crippen LogP contribution in [0.4, 0.5) is 4.79 Å². The van der Waals surface area contributed by atoms with Crippen molar-refractivity contribution in [2.45, 2.75) is 57.8 Å². The Bertz CT molecular complexity index is 1290. The number of nitrogens with one attached hydrogen (secondary N) is 4. The van der Waals surface area contributed by atoms with E-state index in [1.54, 1.807) is 58.2 Å². The van der Waals surface area contributed by atoms with Crippen LogP contribution in [0.5, 0.6) is 11.5 Å². The van der Waals surface area contributed by atoms with Gasteiger partial charge < -0.3 is 40.6 Å². The number of hydrogen-bond donors (Lipinski definition) is 5. The zero-order valence-corrected chi connectivity index (χ0v) is 24.1. The first kappa shape index (κ1) is 31.2. The minimum Gasteiger partial charge on any atom is -0.507 e. The van der Waals surface area contributed by atoms with Gasteiger partial charge in [-0.25, -0.2) is 9.59 Å². The maximum absolute atomic E-state index is 13.2. The van der Waals surface area contributed by atoms with Gasteiger partial charge in [0.25, 0.3) is 0 Å². The number of fused-ring (bicyclic) bond motifs is 5. The Balaban J connectivity index is 2.02. The predicted molar refractivity (Wildman–Crippen MR) is 150 cm³/mol. The van der Waals surface area contributed by atoms with Crippen LogP contribution in [-0.2, 0) is 30.3 Å². The molecule has 41 heavy (non-hydrogen) atoms. The van der Waals surface area contributed by atoms with Gasteiger partial charge in [0.2, 0.25) is 11.8 Å². The maximum atomic E-state index is 13.2. The fraction of sp³-hybridized carbons (Fsp3) is 0.448. The number of phenolic OH excluding ortho intramolecular Hbond substituents is 1. The first-order valence-corrected chi connectivity index (χ1v) is 13.2. The molecule has 0 radical (unpaired) electrons. The van der Waals surface area contributed by atoms with Crippen molar-refractivity contribution in [3.05, 3.63) is 47.5 Å². The van der Waals surface area contributed by atoms with E-state index in [1.165, 1.54) is 20.1 Å². The lowest BCUT2D eigenvalue weighted by Gasteiger charge is -2.24. The molecule has 3 amide bonds. The van der Waals surface area contributed by atoms with Crippen molar-refractivity contribution >= 4 is 23.9 Å². The van der Waals surface area contributed by atoms with Gasteiger partial charge >= 0.3 is 12.1 Å². The van der Waals surface area contributed by atoms with E-state index in [0.717, 1.165) is 0 Å². The van der Waals surface area contributed by atoms with E-state index in [9.17, 15) is 24.3 Å². The van der Waals surface area contributed by atoms with Gasteiger partial charge in [-0.15, -0.1) is 0 Å². The normalized spacial score (nSPS) is 19.2. The molecule has 5 N–H and O–H groups in total. The quantitative estimate of drug-likeness (QED) is 0.258. The van der Waals surface area contributed by atoms with Crippen molar-refractivity contribution in [2.75, 3.05) is 27.3 Å². The minimum absolute atomic E-state index is 0.0625. The van der Waals surface area contributed by atoms with Crippen molar-refractivity contribution in [2.24, 2.45) is 0 Å². The highest BCUT2D eigenvalue weighted by molar-refractivity contribution is 5.92. The number of benzene rings is 2. The highest BCUT2D eigenvalue weighted by atomic mass is 16.6. The average molecular weight is 571 g/mol. The summed E-state index contributed by atoms with van der Waals surface area (Å²) in [5, 5.41) is 21.8. The molecule has 1 aliphatic heterocycles. The molecule has 2 aromatic carbocycles. The van der Waals surface area contributed by atoms with Crippen LogP contribution in [0.15, 0.2) is 36.4 Å². The van der Waals surface area contributed by atoms with Crippen LogP contribution in [0.25, 0.3) is 11.1 Å². The molecule has 2 aromatic rings. The molecule has 3 rings (SSSR count). The molecule has 0 spiro atoms. The largest absolute Gasteiger partial charge is 0.507 e. The summed E-state index contributed by atoms with van der Waals surface area (Å²) < 4.78 is 16.1. The molecule has 0 aromatic heterocycles. The Morgan fingerprint density at radius 2 is 1.78 bits per heavy atom. The maximum Gasteiger partial charge on any atom is 0.407 e. The van der Waals surface area contributed by atoms with E-state index in [0.29, 0.717) is 28.0 Å². The van der Waals surface area contributed by atoms with Gasteiger partial charge in [0.05, 0.1) is 13.7 Å². The van der Waals surface area contributed by atoms with Crippen molar-refractivity contribution < 1.29 is 38.5 Å². The first-order valence-electron chi connectivity index (χ1n) is 13.2. The molecule has 0 saturated heterocycles. The van der Waals surface area contributed by atoms with Crippen molar-refractivity contribution in [1.29, 1.82) is 0 Å². The number of carbonyl (C=O) groups is 4. The number of amides is 3. The van der Waals surface area contributed by atoms with E-state index in [-0.39, 0.29) is 25.3 Å². The van der Waals surface area contributed by atoms with Gasteiger partial charge in [-0.2, -0.15) is 0 Å². The molecule has 222 valence electrons. The van der Waals surface area contributed by atoms with Crippen LogP contribution in [0.3, 0.4) is 0 Å². The van der Waals surface area contributed by atoms with Gasteiger partial charge in [-0.1, -0.05) is 12.1 Å². The molecular formula is C29H38N4O8. The topological polar surface area (TPSA) is 164 Å². The summed E-state index contributed by atoms with van der Waals surface area (Å²) in [5.41, 5.74) is 1.42. The molecule has 0 fully saturated rings. The van der Waals surface area contributed by atoms with Gasteiger partial charge in [0, 0.05) is 17.5 Å². The van der Waals surface area contributed by atoms with Crippen LogP contribution in [0, 0.1) is 0 Å². The van der Waals surface area contributed by atoms with Crippen LogP contribution in [0.2, 0.25) is 0 Å². The standard InChI is InChI=1S/C29H38N4O8/c1-16-25(35)33-21(27(37)39-6)14-17-7-9-22(34)19(13-17)20-15-18(24(30-5)26(36)32-16)8-10-23(20)40-12-11-31-28(38)41-29(2,3)4/h7-10,13,15-16,21,24,30,34H,11-12,14H2,1-6H3,(H,31,38)(H,32,36)(H,33,35)/t16-,21-,24-/m0/s1. The molecule has 4 bridgehead atoms. The molecule has 12 heteroatoms. The fourth-order valence-electron chi connectivity index (χ4n) is 4.30. The zero-order valence-electron chi connectivity index (χ0n) is 24.1.